The number of aromatic nitrogens is 1. The number of nitrogens with zero attached hydrogens (tertiary/aromatic N) is 1. The molecule has 31 heavy (non-hydrogen) atoms. The Bertz CT molecular complexity index is 1180. The maximum Gasteiger partial charge on any atom is 0.233 e. The Morgan fingerprint density at radius 3 is 2.61 bits per heavy atom. The van der Waals surface area contributed by atoms with Crippen molar-refractivity contribution in [2.24, 2.45) is 0 Å². The fraction of sp³-hybridized carbons (Fsp3) is 0.280. The average Bonchev–Trinajstić information content (AvgIpc) is 3.18. The molecule has 0 saturated heterocycles. The van der Waals surface area contributed by atoms with Crippen LogP contribution in [0.15, 0.2) is 64.3 Å². The molecule has 3 aromatic rings. The summed E-state index contributed by atoms with van der Waals surface area (Å²) in [4.78, 5) is 13.6. The summed E-state index contributed by atoms with van der Waals surface area (Å²) in [5, 5.41) is 7.56. The molecule has 1 aromatic heterocycles. The van der Waals surface area contributed by atoms with Gasteiger partial charge in [0.1, 0.15) is 11.5 Å². The lowest BCUT2D eigenvalue weighted by molar-refractivity contribution is -0.116. The number of carbonyl (C=O) groups is 1. The number of carbonyl (C=O) groups excluding carboxylic acids is 1. The van der Waals surface area contributed by atoms with Crippen LogP contribution in [0.5, 0.6) is 11.5 Å². The molecule has 0 saturated carbocycles. The van der Waals surface area contributed by atoms with Crippen molar-refractivity contribution in [2.45, 2.75) is 31.6 Å². The third-order valence-corrected chi connectivity index (χ3v) is 6.28. The first-order valence-corrected chi connectivity index (χ1v) is 10.4. The van der Waals surface area contributed by atoms with E-state index in [1.807, 2.05) is 43.3 Å². The lowest BCUT2D eigenvalue weighted by Crippen LogP contribution is -2.29. The number of ether oxygens (including phenoxy) is 2. The number of aryl methyl sites for hydroxylation is 1. The van der Waals surface area contributed by atoms with Crippen LogP contribution in [0, 0.1) is 6.92 Å². The first-order chi connectivity index (χ1) is 15.1. The van der Waals surface area contributed by atoms with Gasteiger partial charge in [-0.2, -0.15) is 0 Å². The van der Waals surface area contributed by atoms with Crippen molar-refractivity contribution in [2.75, 3.05) is 19.5 Å². The summed E-state index contributed by atoms with van der Waals surface area (Å²) < 4.78 is 16.8. The number of allylic oxidation sites excluding steroid dienone is 2. The summed E-state index contributed by atoms with van der Waals surface area (Å²) >= 11 is 0. The van der Waals surface area contributed by atoms with Crippen molar-refractivity contribution >= 4 is 11.7 Å². The highest BCUT2D eigenvalue weighted by molar-refractivity contribution is 6.01. The highest BCUT2D eigenvalue weighted by Gasteiger charge is 2.42. The average molecular weight is 416 g/mol. The molecule has 2 aromatic carbocycles. The molecule has 2 heterocycles. The summed E-state index contributed by atoms with van der Waals surface area (Å²) in [6.07, 6.45) is 1.19. The van der Waals surface area contributed by atoms with Crippen LogP contribution in [0.4, 0.5) is 5.88 Å². The predicted molar refractivity (Wildman–Crippen MR) is 117 cm³/mol. The van der Waals surface area contributed by atoms with Gasteiger partial charge in [0.15, 0.2) is 5.78 Å². The number of Topliss-reactive ketones (excluding diaryl/α,β-unsaturated/α-hetero) is 1. The molecule has 5 rings (SSSR count). The molecule has 1 aliphatic heterocycles. The zero-order valence-corrected chi connectivity index (χ0v) is 17.8. The van der Waals surface area contributed by atoms with E-state index in [0.29, 0.717) is 23.8 Å². The van der Waals surface area contributed by atoms with E-state index in [-0.39, 0.29) is 17.6 Å². The van der Waals surface area contributed by atoms with Crippen LogP contribution in [-0.2, 0) is 4.79 Å². The quantitative estimate of drug-likeness (QED) is 0.648. The van der Waals surface area contributed by atoms with Gasteiger partial charge in [0.25, 0.3) is 0 Å². The summed E-state index contributed by atoms with van der Waals surface area (Å²) in [6.45, 7) is 1.90. The summed E-state index contributed by atoms with van der Waals surface area (Å²) in [6, 6.07) is 15.9. The predicted octanol–water partition coefficient (Wildman–Crippen LogP) is 4.96. The number of anilines is 1. The summed E-state index contributed by atoms with van der Waals surface area (Å²) in [5.74, 6) is 1.92. The maximum absolute atomic E-state index is 13.6. The lowest BCUT2D eigenvalue weighted by Gasteiger charge is -2.35. The van der Waals surface area contributed by atoms with Gasteiger partial charge >= 0.3 is 0 Å². The Labute approximate surface area is 180 Å². The fourth-order valence-electron chi connectivity index (χ4n) is 4.81. The van der Waals surface area contributed by atoms with Crippen molar-refractivity contribution in [3.63, 3.8) is 0 Å². The van der Waals surface area contributed by atoms with Gasteiger partial charge in [-0.1, -0.05) is 35.5 Å². The minimum Gasteiger partial charge on any atom is -0.497 e. The first-order valence-electron chi connectivity index (χ1n) is 10.4. The molecular formula is C25H24N2O4. The number of hydrogen-bond donors (Lipinski definition) is 1. The zero-order chi connectivity index (χ0) is 21.5. The molecule has 2 atom stereocenters. The highest BCUT2D eigenvalue weighted by Crippen LogP contribution is 2.51. The van der Waals surface area contributed by atoms with Crippen LogP contribution in [0.3, 0.4) is 0 Å². The van der Waals surface area contributed by atoms with Crippen molar-refractivity contribution in [1.29, 1.82) is 0 Å². The third kappa shape index (κ3) is 3.19. The molecule has 0 fully saturated rings. The Morgan fingerprint density at radius 2 is 1.87 bits per heavy atom. The Hall–Kier alpha value is -3.54. The molecule has 6 nitrogen and oxygen atoms in total. The molecule has 0 unspecified atom stereocenters. The van der Waals surface area contributed by atoms with Crippen molar-refractivity contribution in [3.8, 4) is 11.5 Å². The topological polar surface area (TPSA) is 73.6 Å². The lowest BCUT2D eigenvalue weighted by atomic mass is 9.72. The fourth-order valence-corrected chi connectivity index (χ4v) is 4.81. The molecule has 2 aliphatic rings. The standard InChI is InChI=1S/C25H24N2O4/c1-14-22-23(18-13-17(29-2)9-10-21(18)30-3)24-19(26-25(22)31-27-14)11-16(12-20(24)28)15-7-5-4-6-8-15/h4-10,13,16,23,26H,11-12H2,1-3H3/t16-,23+/m0/s1. The molecule has 1 N–H and O–H groups in total. The normalized spacial score (nSPS) is 20.0. The van der Waals surface area contributed by atoms with Gasteiger partial charge in [0.05, 0.1) is 31.4 Å². The second-order valence-electron chi connectivity index (χ2n) is 8.01. The van der Waals surface area contributed by atoms with E-state index in [0.717, 1.165) is 34.5 Å². The second-order valence-corrected chi connectivity index (χ2v) is 8.01. The number of hydrogen-bond acceptors (Lipinski definition) is 6. The second kappa shape index (κ2) is 7.61. The van der Waals surface area contributed by atoms with Crippen LogP contribution < -0.4 is 14.8 Å². The molecule has 0 radical (unpaired) electrons. The van der Waals surface area contributed by atoms with Gasteiger partial charge in [-0.15, -0.1) is 0 Å². The van der Waals surface area contributed by atoms with Crippen LogP contribution in [0.25, 0.3) is 0 Å². The number of rotatable bonds is 4. The van der Waals surface area contributed by atoms with Crippen molar-refractivity contribution in [3.05, 3.63) is 82.2 Å². The zero-order valence-electron chi connectivity index (χ0n) is 17.8. The smallest absolute Gasteiger partial charge is 0.233 e. The molecule has 0 bridgehead atoms. The van der Waals surface area contributed by atoms with Crippen LogP contribution >= 0.6 is 0 Å². The maximum atomic E-state index is 13.6. The summed E-state index contributed by atoms with van der Waals surface area (Å²) in [7, 11) is 3.27. The monoisotopic (exact) mass is 416 g/mol. The van der Waals surface area contributed by atoms with E-state index < -0.39 is 0 Å². The minimum absolute atomic E-state index is 0.123. The van der Waals surface area contributed by atoms with Crippen LogP contribution in [0.2, 0.25) is 0 Å². The van der Waals surface area contributed by atoms with Gasteiger partial charge in [-0.05, 0) is 43.0 Å². The van der Waals surface area contributed by atoms with E-state index in [9.17, 15) is 4.79 Å². The molecule has 1 aliphatic carbocycles. The molecular weight excluding hydrogens is 392 g/mol. The first kappa shape index (κ1) is 19.4. The number of methoxy groups -OCH3 is 2. The molecule has 158 valence electrons. The summed E-state index contributed by atoms with van der Waals surface area (Å²) in [5.41, 5.74) is 5.31. The van der Waals surface area contributed by atoms with Crippen molar-refractivity contribution < 1.29 is 18.8 Å². The van der Waals surface area contributed by atoms with Gasteiger partial charge in [0, 0.05) is 23.3 Å². The number of nitrogens with one attached hydrogen (secondary N) is 1. The SMILES string of the molecule is COc1ccc(OC)c([C@H]2C3=C(C[C@H](c4ccccc4)CC3=O)Nc3onc(C)c32)c1. The largest absolute Gasteiger partial charge is 0.497 e. The Kier molecular flexibility index (Phi) is 4.77. The van der Waals surface area contributed by atoms with E-state index in [2.05, 4.69) is 22.6 Å². The van der Waals surface area contributed by atoms with E-state index in [4.69, 9.17) is 14.0 Å². The van der Waals surface area contributed by atoms with Gasteiger partial charge in [-0.25, -0.2) is 0 Å². The molecule has 0 spiro atoms. The Balaban J connectivity index is 1.67. The third-order valence-electron chi connectivity index (χ3n) is 6.28. The Morgan fingerprint density at radius 1 is 1.06 bits per heavy atom. The molecule has 0 amide bonds. The van der Waals surface area contributed by atoms with Crippen LogP contribution in [-0.4, -0.2) is 25.2 Å². The van der Waals surface area contributed by atoms with Crippen LogP contribution in [0.1, 0.15) is 47.1 Å². The minimum atomic E-state index is -0.327. The number of fused-ring (bicyclic) bond motifs is 1. The van der Waals surface area contributed by atoms with E-state index >= 15 is 0 Å². The number of ketones is 1. The van der Waals surface area contributed by atoms with Gasteiger partial charge in [-0.3, -0.25) is 4.79 Å². The number of benzene rings is 2. The van der Waals surface area contributed by atoms with E-state index in [1.54, 1.807) is 14.2 Å². The van der Waals surface area contributed by atoms with Crippen molar-refractivity contribution in [1.82, 2.24) is 5.16 Å². The van der Waals surface area contributed by atoms with Gasteiger partial charge in [0.2, 0.25) is 5.88 Å². The van der Waals surface area contributed by atoms with Gasteiger partial charge < -0.3 is 19.3 Å². The molecule has 6 heteroatoms. The highest BCUT2D eigenvalue weighted by atomic mass is 16.5. The van der Waals surface area contributed by atoms with E-state index in [1.165, 1.54) is 5.56 Å².